The van der Waals surface area contributed by atoms with Gasteiger partial charge in [0, 0.05) is 31.6 Å². The largest absolute Gasteiger partial charge is 0.389 e. The summed E-state index contributed by atoms with van der Waals surface area (Å²) < 4.78 is 0. The molecule has 0 aliphatic carbocycles. The first-order valence-corrected chi connectivity index (χ1v) is 5.09. The third kappa shape index (κ3) is 3.64. The van der Waals surface area contributed by atoms with Crippen molar-refractivity contribution in [3.05, 3.63) is 0 Å². The van der Waals surface area contributed by atoms with Crippen LogP contribution in [-0.4, -0.2) is 47.2 Å². The summed E-state index contributed by atoms with van der Waals surface area (Å²) in [5.41, 5.74) is 0.0642. The van der Waals surface area contributed by atoms with Crippen molar-refractivity contribution >= 4 is 5.91 Å². The maximum absolute atomic E-state index is 11.4. The Morgan fingerprint density at radius 1 is 1.50 bits per heavy atom. The third-order valence-corrected chi connectivity index (χ3v) is 2.21. The van der Waals surface area contributed by atoms with Gasteiger partial charge in [0.15, 0.2) is 0 Å². The van der Waals surface area contributed by atoms with Gasteiger partial charge in [-0.05, 0) is 20.8 Å². The number of rotatable bonds is 3. The van der Waals surface area contributed by atoms with Crippen LogP contribution in [-0.2, 0) is 4.79 Å². The van der Waals surface area contributed by atoms with Crippen LogP contribution < -0.4 is 5.32 Å². The molecule has 0 aromatic rings. The summed E-state index contributed by atoms with van der Waals surface area (Å²) in [7, 11) is 0. The number of hydrogen-bond acceptors (Lipinski definition) is 3. The van der Waals surface area contributed by atoms with Crippen molar-refractivity contribution in [2.45, 2.75) is 38.8 Å². The number of carbonyl (C=O) groups is 1. The Hall–Kier alpha value is -0.610. The van der Waals surface area contributed by atoms with E-state index in [4.69, 9.17) is 5.11 Å². The van der Waals surface area contributed by atoms with E-state index in [1.54, 1.807) is 4.90 Å². The molecule has 0 saturated carbocycles. The summed E-state index contributed by atoms with van der Waals surface area (Å²) in [4.78, 5) is 13.1. The van der Waals surface area contributed by atoms with Crippen LogP contribution in [0.3, 0.4) is 0 Å². The second kappa shape index (κ2) is 4.28. The first kappa shape index (κ1) is 11.5. The van der Waals surface area contributed by atoms with Crippen LogP contribution in [0.1, 0.15) is 27.2 Å². The molecule has 1 amide bonds. The molecule has 0 aromatic heterocycles. The lowest BCUT2D eigenvalue weighted by Crippen LogP contribution is -2.54. The van der Waals surface area contributed by atoms with E-state index >= 15 is 0 Å². The molecule has 14 heavy (non-hydrogen) atoms. The molecule has 1 heterocycles. The zero-order valence-corrected chi connectivity index (χ0v) is 9.21. The van der Waals surface area contributed by atoms with Crippen LogP contribution in [0.4, 0.5) is 0 Å². The summed E-state index contributed by atoms with van der Waals surface area (Å²) in [5, 5.41) is 12.3. The second-order valence-corrected chi connectivity index (χ2v) is 4.88. The van der Waals surface area contributed by atoms with Crippen molar-refractivity contribution in [1.29, 1.82) is 0 Å². The number of carbonyl (C=O) groups excluding carboxylic acids is 1. The van der Waals surface area contributed by atoms with Gasteiger partial charge in [0.05, 0.1) is 6.10 Å². The molecule has 0 unspecified atom stereocenters. The minimum Gasteiger partial charge on any atom is -0.389 e. The van der Waals surface area contributed by atoms with E-state index in [-0.39, 0.29) is 17.6 Å². The van der Waals surface area contributed by atoms with Gasteiger partial charge >= 0.3 is 0 Å². The van der Waals surface area contributed by atoms with Crippen LogP contribution in [0.15, 0.2) is 0 Å². The average Bonchev–Trinajstić information content (AvgIpc) is 1.96. The Morgan fingerprint density at radius 3 is 2.50 bits per heavy atom. The molecule has 1 aliphatic heterocycles. The predicted octanol–water partition coefficient (Wildman–Crippen LogP) is -0.0323. The molecule has 1 rings (SSSR count). The molecule has 1 fully saturated rings. The Morgan fingerprint density at radius 2 is 2.07 bits per heavy atom. The molecule has 4 heteroatoms. The zero-order valence-electron chi connectivity index (χ0n) is 9.21. The summed E-state index contributed by atoms with van der Waals surface area (Å²) in [6.07, 6.45) is 0.221. The number of hydrogen-bond donors (Lipinski definition) is 2. The average molecular weight is 200 g/mol. The van der Waals surface area contributed by atoms with Crippen LogP contribution >= 0.6 is 0 Å². The quantitative estimate of drug-likeness (QED) is 0.672. The molecule has 0 spiro atoms. The number of nitrogens with one attached hydrogen (secondary N) is 1. The van der Waals surface area contributed by atoms with Crippen molar-refractivity contribution < 1.29 is 9.90 Å². The predicted molar refractivity (Wildman–Crippen MR) is 55.0 cm³/mol. The van der Waals surface area contributed by atoms with E-state index in [1.807, 2.05) is 0 Å². The van der Waals surface area contributed by atoms with Gasteiger partial charge in [0.1, 0.15) is 0 Å². The van der Waals surface area contributed by atoms with Gasteiger partial charge in [0.25, 0.3) is 0 Å². The van der Waals surface area contributed by atoms with Crippen molar-refractivity contribution in [3.63, 3.8) is 0 Å². The molecular weight excluding hydrogens is 180 g/mol. The number of amides is 1. The maximum Gasteiger partial charge on any atom is 0.224 e. The van der Waals surface area contributed by atoms with Crippen molar-refractivity contribution in [2.24, 2.45) is 0 Å². The number of aliphatic hydroxyl groups excluding tert-OH is 1. The minimum atomic E-state index is -0.297. The van der Waals surface area contributed by atoms with Gasteiger partial charge < -0.3 is 15.3 Å². The zero-order chi connectivity index (χ0) is 10.8. The van der Waals surface area contributed by atoms with Gasteiger partial charge in [-0.2, -0.15) is 0 Å². The highest BCUT2D eigenvalue weighted by atomic mass is 16.3. The van der Waals surface area contributed by atoms with Gasteiger partial charge in [-0.3, -0.25) is 4.79 Å². The third-order valence-electron chi connectivity index (χ3n) is 2.21. The highest BCUT2D eigenvalue weighted by molar-refractivity contribution is 5.77. The van der Waals surface area contributed by atoms with Gasteiger partial charge in [-0.15, -0.1) is 0 Å². The molecule has 82 valence electrons. The first-order chi connectivity index (χ1) is 6.38. The summed E-state index contributed by atoms with van der Waals surface area (Å²) in [5.74, 6) is 0.132. The van der Waals surface area contributed by atoms with E-state index in [9.17, 15) is 4.79 Å². The Balaban J connectivity index is 2.10. The smallest absolute Gasteiger partial charge is 0.224 e. The van der Waals surface area contributed by atoms with Crippen LogP contribution in [0.5, 0.6) is 0 Å². The monoisotopic (exact) mass is 200 g/mol. The molecule has 0 aromatic carbocycles. The van der Waals surface area contributed by atoms with Crippen LogP contribution in [0, 0.1) is 0 Å². The highest BCUT2D eigenvalue weighted by Crippen LogP contribution is 2.08. The topological polar surface area (TPSA) is 52.6 Å². The standard InChI is InChI=1S/C10H20N2O2/c1-10(2,3)11-5-4-9(14)12-6-8(13)7-12/h8,11,13H,4-7H2,1-3H3. The number of likely N-dealkylation sites (tertiary alicyclic amines) is 1. The maximum atomic E-state index is 11.4. The van der Waals surface area contributed by atoms with Crippen LogP contribution in [0.25, 0.3) is 0 Å². The lowest BCUT2D eigenvalue weighted by molar-refractivity contribution is -0.141. The molecule has 0 radical (unpaired) electrons. The van der Waals surface area contributed by atoms with Gasteiger partial charge in [0.2, 0.25) is 5.91 Å². The Bertz CT molecular complexity index is 205. The normalized spacial score (nSPS) is 18.1. The fourth-order valence-corrected chi connectivity index (χ4v) is 1.36. The van der Waals surface area contributed by atoms with E-state index in [0.717, 1.165) is 0 Å². The second-order valence-electron chi connectivity index (χ2n) is 4.88. The summed E-state index contributed by atoms with van der Waals surface area (Å²) in [6, 6.07) is 0. The Labute approximate surface area is 85.3 Å². The highest BCUT2D eigenvalue weighted by Gasteiger charge is 2.28. The lowest BCUT2D eigenvalue weighted by atomic mass is 10.1. The van der Waals surface area contributed by atoms with Gasteiger partial charge in [-0.1, -0.05) is 0 Å². The van der Waals surface area contributed by atoms with E-state index < -0.39 is 0 Å². The lowest BCUT2D eigenvalue weighted by Gasteiger charge is -2.36. The Kier molecular flexibility index (Phi) is 3.50. The minimum absolute atomic E-state index is 0.0642. The summed E-state index contributed by atoms with van der Waals surface area (Å²) in [6.45, 7) is 7.94. The SMILES string of the molecule is CC(C)(C)NCCC(=O)N1CC(O)C1. The molecule has 4 nitrogen and oxygen atoms in total. The van der Waals surface area contributed by atoms with Crippen molar-refractivity contribution in [1.82, 2.24) is 10.2 Å². The number of aliphatic hydroxyl groups is 1. The molecule has 1 aliphatic rings. The first-order valence-electron chi connectivity index (χ1n) is 5.09. The number of nitrogens with zero attached hydrogens (tertiary/aromatic N) is 1. The van der Waals surface area contributed by atoms with Crippen molar-refractivity contribution in [3.8, 4) is 0 Å². The van der Waals surface area contributed by atoms with Gasteiger partial charge in [-0.25, -0.2) is 0 Å². The molecule has 0 atom stereocenters. The fourth-order valence-electron chi connectivity index (χ4n) is 1.36. The molecule has 2 N–H and O–H groups in total. The molecular formula is C10H20N2O2. The van der Waals surface area contributed by atoms with Crippen LogP contribution in [0.2, 0.25) is 0 Å². The van der Waals surface area contributed by atoms with E-state index in [0.29, 0.717) is 26.1 Å². The van der Waals surface area contributed by atoms with E-state index in [1.165, 1.54) is 0 Å². The van der Waals surface area contributed by atoms with Crippen molar-refractivity contribution in [2.75, 3.05) is 19.6 Å². The fraction of sp³-hybridized carbons (Fsp3) is 0.900. The number of β-amino-alcohol motifs (C(OH)–C–C–N with tert-alkyl or cyclic N) is 1. The van der Waals surface area contributed by atoms with E-state index in [2.05, 4.69) is 26.1 Å². The molecule has 0 bridgehead atoms. The molecule has 1 saturated heterocycles. The summed E-state index contributed by atoms with van der Waals surface area (Å²) >= 11 is 0.